The smallest absolute Gasteiger partial charge is 0.337 e. The molecule has 0 aromatic heterocycles. The van der Waals surface area contributed by atoms with Gasteiger partial charge in [0.2, 0.25) is 0 Å². The van der Waals surface area contributed by atoms with Gasteiger partial charge < -0.3 is 19.7 Å². The minimum Gasteiger partial charge on any atom is -0.465 e. The summed E-state index contributed by atoms with van der Waals surface area (Å²) in [7, 11) is 1.35. The van der Waals surface area contributed by atoms with Crippen LogP contribution in [-0.4, -0.2) is 41.5 Å². The standard InChI is InChI=1S/C27H36O6S/c1-4-13-27(14-6-15-27)24(30)8-5-7-21-22(29)16-23(33-18(2)28)25(21)34-17-19-9-11-20(12-10-19)26(31)32-3/h5,7,9-12,21-22,24,29-30H,4,6,8,13-17H2,1-3H3/b7-5+/t21-,22+,24?/m0/s1. The van der Waals surface area contributed by atoms with E-state index in [1.165, 1.54) is 32.2 Å². The summed E-state index contributed by atoms with van der Waals surface area (Å²) in [6, 6.07) is 7.17. The number of carbonyl (C=O) groups excluding carboxylic acids is 2. The molecule has 2 aliphatic carbocycles. The third-order valence-corrected chi connectivity index (χ3v) is 8.22. The Kier molecular flexibility index (Phi) is 9.39. The van der Waals surface area contributed by atoms with E-state index in [2.05, 4.69) is 6.92 Å². The van der Waals surface area contributed by atoms with E-state index in [0.29, 0.717) is 23.5 Å². The third-order valence-electron chi connectivity index (χ3n) is 6.93. The van der Waals surface area contributed by atoms with Crippen molar-refractivity contribution in [3.05, 3.63) is 58.2 Å². The molecule has 6 nitrogen and oxygen atoms in total. The van der Waals surface area contributed by atoms with E-state index in [4.69, 9.17) is 9.47 Å². The van der Waals surface area contributed by atoms with Gasteiger partial charge in [0.1, 0.15) is 5.76 Å². The lowest BCUT2D eigenvalue weighted by Crippen LogP contribution is -2.41. The fourth-order valence-corrected chi connectivity index (χ4v) is 6.16. The molecule has 0 heterocycles. The molecule has 1 aromatic rings. The van der Waals surface area contributed by atoms with Gasteiger partial charge in [-0.2, -0.15) is 0 Å². The van der Waals surface area contributed by atoms with E-state index in [9.17, 15) is 19.8 Å². The van der Waals surface area contributed by atoms with Crippen molar-refractivity contribution in [1.82, 2.24) is 0 Å². The Morgan fingerprint density at radius 3 is 2.53 bits per heavy atom. The molecule has 1 fully saturated rings. The summed E-state index contributed by atoms with van der Waals surface area (Å²) in [6.45, 7) is 3.52. The first-order valence-electron chi connectivity index (χ1n) is 12.0. The van der Waals surface area contributed by atoms with Crippen LogP contribution >= 0.6 is 11.8 Å². The molecule has 0 spiro atoms. The monoisotopic (exact) mass is 488 g/mol. The molecule has 2 N–H and O–H groups in total. The second-order valence-corrected chi connectivity index (χ2v) is 10.3. The van der Waals surface area contributed by atoms with E-state index in [1.807, 2.05) is 24.3 Å². The maximum atomic E-state index is 11.6. The highest BCUT2D eigenvalue weighted by molar-refractivity contribution is 8.02. The summed E-state index contributed by atoms with van der Waals surface area (Å²) in [5.74, 6) is 0.0281. The average molecular weight is 489 g/mol. The van der Waals surface area contributed by atoms with Gasteiger partial charge in [-0.3, -0.25) is 4.79 Å². The maximum absolute atomic E-state index is 11.6. The Balaban J connectivity index is 1.69. The molecule has 0 amide bonds. The molecule has 0 radical (unpaired) electrons. The summed E-state index contributed by atoms with van der Waals surface area (Å²) in [6.07, 6.45) is 9.14. The second kappa shape index (κ2) is 12.0. The van der Waals surface area contributed by atoms with Gasteiger partial charge in [-0.15, -0.1) is 11.8 Å². The van der Waals surface area contributed by atoms with E-state index in [1.54, 1.807) is 12.1 Å². The zero-order valence-corrected chi connectivity index (χ0v) is 21.1. The van der Waals surface area contributed by atoms with E-state index in [-0.39, 0.29) is 29.8 Å². The van der Waals surface area contributed by atoms with Gasteiger partial charge in [0.15, 0.2) is 0 Å². The molecule has 1 unspecified atom stereocenters. The van der Waals surface area contributed by atoms with Crippen LogP contribution < -0.4 is 0 Å². The molecule has 0 bridgehead atoms. The number of aliphatic hydroxyl groups is 2. The number of hydrogen-bond acceptors (Lipinski definition) is 7. The van der Waals surface area contributed by atoms with Crippen LogP contribution in [0.3, 0.4) is 0 Å². The van der Waals surface area contributed by atoms with Gasteiger partial charge in [0.25, 0.3) is 0 Å². The molecule has 2 aliphatic rings. The van der Waals surface area contributed by atoms with Gasteiger partial charge in [-0.25, -0.2) is 4.79 Å². The number of carbonyl (C=O) groups is 2. The molecule has 1 saturated carbocycles. The van der Waals surface area contributed by atoms with Gasteiger partial charge in [-0.1, -0.05) is 44.1 Å². The average Bonchev–Trinajstić information content (AvgIpc) is 3.07. The summed E-state index contributed by atoms with van der Waals surface area (Å²) in [4.78, 5) is 24.1. The molecule has 0 saturated heterocycles. The van der Waals surface area contributed by atoms with Crippen LogP contribution in [0, 0.1) is 11.3 Å². The zero-order valence-electron chi connectivity index (χ0n) is 20.3. The van der Waals surface area contributed by atoms with E-state index < -0.39 is 12.1 Å². The lowest BCUT2D eigenvalue weighted by molar-refractivity contribution is -0.137. The molecule has 7 heteroatoms. The minimum atomic E-state index is -0.680. The molecule has 3 rings (SSSR count). The van der Waals surface area contributed by atoms with Crippen LogP contribution in [0.4, 0.5) is 0 Å². The predicted octanol–water partition coefficient (Wildman–Crippen LogP) is 5.14. The first-order valence-corrected chi connectivity index (χ1v) is 13.0. The molecular formula is C27H36O6S. The fourth-order valence-electron chi connectivity index (χ4n) is 4.93. The van der Waals surface area contributed by atoms with Gasteiger partial charge in [0, 0.05) is 29.9 Å². The zero-order chi connectivity index (χ0) is 24.7. The Hall–Kier alpha value is -2.09. The van der Waals surface area contributed by atoms with Crippen molar-refractivity contribution in [3.8, 4) is 0 Å². The number of thioether (sulfide) groups is 1. The third kappa shape index (κ3) is 6.32. The normalized spacial score (nSPS) is 22.5. The number of methoxy groups -OCH3 is 1. The maximum Gasteiger partial charge on any atom is 0.337 e. The lowest BCUT2D eigenvalue weighted by atomic mass is 9.62. The van der Waals surface area contributed by atoms with Crippen molar-refractivity contribution in [2.75, 3.05) is 7.11 Å². The topological polar surface area (TPSA) is 93.1 Å². The lowest BCUT2D eigenvalue weighted by Gasteiger charge is -2.45. The Labute approximate surface area is 206 Å². The van der Waals surface area contributed by atoms with Crippen molar-refractivity contribution >= 4 is 23.7 Å². The van der Waals surface area contributed by atoms with E-state index >= 15 is 0 Å². The van der Waals surface area contributed by atoms with Crippen molar-refractivity contribution in [1.29, 1.82) is 0 Å². The molecule has 3 atom stereocenters. The first kappa shape index (κ1) is 26.5. The van der Waals surface area contributed by atoms with Crippen LogP contribution in [0.25, 0.3) is 0 Å². The molecule has 1 aromatic carbocycles. The predicted molar refractivity (Wildman–Crippen MR) is 133 cm³/mol. The van der Waals surface area contributed by atoms with Gasteiger partial charge >= 0.3 is 11.9 Å². The van der Waals surface area contributed by atoms with E-state index in [0.717, 1.165) is 36.2 Å². The van der Waals surface area contributed by atoms with Crippen LogP contribution in [-0.2, 0) is 20.0 Å². The summed E-state index contributed by atoms with van der Waals surface area (Å²) in [5, 5.41) is 21.5. The first-order chi connectivity index (χ1) is 16.3. The van der Waals surface area contributed by atoms with Crippen LogP contribution in [0.1, 0.15) is 74.7 Å². The van der Waals surface area contributed by atoms with Crippen molar-refractivity contribution < 1.29 is 29.3 Å². The number of esters is 2. The molecular weight excluding hydrogens is 452 g/mol. The van der Waals surface area contributed by atoms with Gasteiger partial charge in [-0.05, 0) is 48.8 Å². The van der Waals surface area contributed by atoms with Crippen LogP contribution in [0.2, 0.25) is 0 Å². The highest BCUT2D eigenvalue weighted by atomic mass is 32.2. The summed E-state index contributed by atoms with van der Waals surface area (Å²) < 4.78 is 10.2. The van der Waals surface area contributed by atoms with Gasteiger partial charge in [0.05, 0.1) is 24.9 Å². The summed E-state index contributed by atoms with van der Waals surface area (Å²) >= 11 is 1.52. The minimum absolute atomic E-state index is 0.0417. The SMILES string of the molecule is CCCC1(C(O)C/C=C/[C@@H]2C(SCc3ccc(C(=O)OC)cc3)=C(OC(C)=O)C[C@H]2O)CCC1. The quantitative estimate of drug-likeness (QED) is 0.329. The van der Waals surface area contributed by atoms with Crippen molar-refractivity contribution in [2.45, 2.75) is 76.8 Å². The second-order valence-electron chi connectivity index (χ2n) is 9.30. The fraction of sp³-hybridized carbons (Fsp3) is 0.556. The Morgan fingerprint density at radius 1 is 1.26 bits per heavy atom. The number of ether oxygens (including phenoxy) is 2. The largest absolute Gasteiger partial charge is 0.465 e. The molecule has 186 valence electrons. The highest BCUT2D eigenvalue weighted by Crippen LogP contribution is 2.49. The number of hydrogen-bond donors (Lipinski definition) is 2. The van der Waals surface area contributed by atoms with Crippen LogP contribution in [0.15, 0.2) is 47.1 Å². The van der Waals surface area contributed by atoms with Crippen molar-refractivity contribution in [2.24, 2.45) is 11.3 Å². The summed E-state index contributed by atoms with van der Waals surface area (Å²) in [5.41, 5.74) is 1.53. The highest BCUT2D eigenvalue weighted by Gasteiger charge is 2.42. The number of rotatable bonds is 11. The molecule has 34 heavy (non-hydrogen) atoms. The van der Waals surface area contributed by atoms with Crippen molar-refractivity contribution in [3.63, 3.8) is 0 Å². The Morgan fingerprint density at radius 2 is 1.97 bits per heavy atom. The molecule has 0 aliphatic heterocycles. The van der Waals surface area contributed by atoms with Crippen LogP contribution in [0.5, 0.6) is 0 Å². The Bertz CT molecular complexity index is 916. The number of aliphatic hydroxyl groups excluding tert-OH is 2. The number of benzene rings is 1.